The first kappa shape index (κ1) is 21.9. The minimum atomic E-state index is -0.356. The molecule has 0 radical (unpaired) electrons. The number of imidazole rings is 1. The van der Waals surface area contributed by atoms with Gasteiger partial charge in [-0.15, -0.1) is 11.3 Å². The number of benzene rings is 1. The van der Waals surface area contributed by atoms with Crippen molar-refractivity contribution in [2.75, 3.05) is 31.6 Å². The van der Waals surface area contributed by atoms with Gasteiger partial charge in [-0.05, 0) is 25.1 Å². The maximum atomic E-state index is 12.9. The van der Waals surface area contributed by atoms with Gasteiger partial charge in [0.25, 0.3) is 0 Å². The highest BCUT2D eigenvalue weighted by molar-refractivity contribution is 7.15. The molecule has 1 aromatic carbocycles. The Morgan fingerprint density at radius 1 is 1.11 bits per heavy atom. The van der Waals surface area contributed by atoms with Gasteiger partial charge < -0.3 is 19.5 Å². The Balaban J connectivity index is 1.42. The van der Waals surface area contributed by atoms with Crippen molar-refractivity contribution in [3.8, 4) is 10.4 Å². The number of nitrogens with one attached hydrogen (secondary N) is 2. The van der Waals surface area contributed by atoms with Crippen LogP contribution in [0.4, 0.5) is 5.82 Å². The first-order valence-electron chi connectivity index (χ1n) is 11.5. The number of aromatic amines is 1. The summed E-state index contributed by atoms with van der Waals surface area (Å²) >= 11 is 1.73. The molecule has 0 spiro atoms. The van der Waals surface area contributed by atoms with E-state index in [-0.39, 0.29) is 11.7 Å². The van der Waals surface area contributed by atoms with Crippen LogP contribution in [0.25, 0.3) is 32.4 Å². The lowest BCUT2D eigenvalue weighted by Gasteiger charge is -2.25. The molecule has 5 heterocycles. The van der Waals surface area contributed by atoms with E-state index in [1.165, 1.54) is 11.2 Å². The van der Waals surface area contributed by atoms with Gasteiger partial charge in [0.1, 0.15) is 17.6 Å². The number of thiophene rings is 1. The van der Waals surface area contributed by atoms with Crippen LogP contribution >= 0.6 is 11.3 Å². The fourth-order valence-electron chi connectivity index (χ4n) is 4.49. The maximum Gasteiger partial charge on any atom is 0.343 e. The minimum Gasteiger partial charge on any atom is -0.425 e. The van der Waals surface area contributed by atoms with E-state index in [0.717, 1.165) is 48.7 Å². The second-order valence-electron chi connectivity index (χ2n) is 8.52. The number of rotatable bonds is 6. The number of hydrogen-bond acceptors (Lipinski definition) is 9. The standard InChI is InChI=1S/C25H24N6O3S/c1-15(30-24-21-23(27-13-26-21)28-14-29-24)22-20(17-4-2-3-5-18(17)25(32)34-22)19-7-6-16(35-19)12-31-8-10-33-11-9-31/h2-7,13-15H,8-12H2,1H3,(H2,26,27,28,29,30). The van der Waals surface area contributed by atoms with Crippen LogP contribution in [-0.4, -0.2) is 51.1 Å². The Hall–Kier alpha value is -3.60. The largest absolute Gasteiger partial charge is 0.425 e. The summed E-state index contributed by atoms with van der Waals surface area (Å²) in [7, 11) is 0. The highest BCUT2D eigenvalue weighted by atomic mass is 32.1. The van der Waals surface area contributed by atoms with E-state index in [0.29, 0.717) is 28.1 Å². The molecule has 4 aromatic heterocycles. The third-order valence-corrected chi connectivity index (χ3v) is 7.31. The lowest BCUT2D eigenvalue weighted by atomic mass is 10.0. The highest BCUT2D eigenvalue weighted by Gasteiger charge is 2.23. The molecule has 1 aliphatic rings. The Morgan fingerprint density at radius 3 is 2.80 bits per heavy atom. The predicted molar refractivity (Wildman–Crippen MR) is 136 cm³/mol. The molecule has 0 amide bonds. The van der Waals surface area contributed by atoms with Gasteiger partial charge >= 0.3 is 5.63 Å². The summed E-state index contributed by atoms with van der Waals surface area (Å²) in [5.41, 5.74) is 1.84. The number of morpholine rings is 1. The monoisotopic (exact) mass is 488 g/mol. The number of nitrogens with zero attached hydrogens (tertiary/aromatic N) is 4. The van der Waals surface area contributed by atoms with Crippen molar-refractivity contribution in [1.29, 1.82) is 0 Å². The normalized spacial score (nSPS) is 15.6. The molecule has 1 fully saturated rings. The number of aromatic nitrogens is 4. The Labute approximate surface area is 204 Å². The van der Waals surface area contributed by atoms with Crippen LogP contribution in [0.1, 0.15) is 23.6 Å². The summed E-state index contributed by atoms with van der Waals surface area (Å²) in [6.07, 6.45) is 3.06. The van der Waals surface area contributed by atoms with E-state index in [2.05, 4.69) is 42.3 Å². The van der Waals surface area contributed by atoms with Crippen molar-refractivity contribution in [3.63, 3.8) is 0 Å². The molecule has 5 aromatic rings. The highest BCUT2D eigenvalue weighted by Crippen LogP contribution is 2.39. The Kier molecular flexibility index (Phi) is 5.77. The van der Waals surface area contributed by atoms with E-state index < -0.39 is 0 Å². The van der Waals surface area contributed by atoms with Gasteiger partial charge in [-0.3, -0.25) is 4.90 Å². The molecule has 2 N–H and O–H groups in total. The zero-order valence-electron chi connectivity index (χ0n) is 19.2. The van der Waals surface area contributed by atoms with Gasteiger partial charge in [0.2, 0.25) is 0 Å². The summed E-state index contributed by atoms with van der Waals surface area (Å²) < 4.78 is 11.4. The van der Waals surface area contributed by atoms with Crippen molar-refractivity contribution in [1.82, 2.24) is 24.8 Å². The molecule has 1 unspecified atom stereocenters. The fourth-order valence-corrected chi connectivity index (χ4v) is 5.61. The van der Waals surface area contributed by atoms with E-state index >= 15 is 0 Å². The average molecular weight is 489 g/mol. The van der Waals surface area contributed by atoms with Gasteiger partial charge in [-0.25, -0.2) is 19.7 Å². The number of H-pyrrole nitrogens is 1. The summed E-state index contributed by atoms with van der Waals surface area (Å²) in [4.78, 5) is 33.5. The minimum absolute atomic E-state index is 0.345. The van der Waals surface area contributed by atoms with Crippen LogP contribution in [0, 0.1) is 0 Å². The molecule has 9 nitrogen and oxygen atoms in total. The SMILES string of the molecule is CC(Nc1ncnc2[nH]cnc12)c1oc(=O)c2ccccc2c1-c1ccc(CN2CCOCC2)s1. The van der Waals surface area contributed by atoms with Crippen LogP contribution < -0.4 is 10.9 Å². The molecule has 0 saturated carbocycles. The van der Waals surface area contributed by atoms with Gasteiger partial charge in [0.15, 0.2) is 11.5 Å². The van der Waals surface area contributed by atoms with Crippen molar-refractivity contribution >= 4 is 39.1 Å². The van der Waals surface area contributed by atoms with Crippen LogP contribution in [-0.2, 0) is 11.3 Å². The van der Waals surface area contributed by atoms with E-state index in [1.807, 2.05) is 31.2 Å². The van der Waals surface area contributed by atoms with E-state index in [4.69, 9.17) is 9.15 Å². The zero-order valence-corrected chi connectivity index (χ0v) is 20.0. The number of fused-ring (bicyclic) bond motifs is 2. The summed E-state index contributed by atoms with van der Waals surface area (Å²) in [5.74, 6) is 1.14. The van der Waals surface area contributed by atoms with Gasteiger partial charge in [-0.1, -0.05) is 18.2 Å². The summed E-state index contributed by atoms with van der Waals surface area (Å²) in [5, 5.41) is 4.82. The molecule has 1 aliphatic heterocycles. The van der Waals surface area contributed by atoms with Crippen LogP contribution in [0.15, 0.2) is 58.3 Å². The fraction of sp³-hybridized carbons (Fsp3) is 0.280. The number of anilines is 1. The second kappa shape index (κ2) is 9.21. The molecular weight excluding hydrogens is 464 g/mol. The lowest BCUT2D eigenvalue weighted by Crippen LogP contribution is -2.35. The molecule has 1 saturated heterocycles. The molecule has 35 heavy (non-hydrogen) atoms. The molecular formula is C25H24N6O3S. The Morgan fingerprint density at radius 2 is 1.94 bits per heavy atom. The van der Waals surface area contributed by atoms with E-state index in [9.17, 15) is 4.79 Å². The van der Waals surface area contributed by atoms with Gasteiger partial charge in [0, 0.05) is 40.3 Å². The third kappa shape index (κ3) is 4.20. The first-order valence-corrected chi connectivity index (χ1v) is 12.3. The smallest absolute Gasteiger partial charge is 0.343 e. The van der Waals surface area contributed by atoms with Crippen molar-refractivity contribution in [2.45, 2.75) is 19.5 Å². The predicted octanol–water partition coefficient (Wildman–Crippen LogP) is 4.19. The quantitative estimate of drug-likeness (QED) is 0.366. The van der Waals surface area contributed by atoms with Crippen molar-refractivity contribution < 1.29 is 9.15 Å². The molecule has 0 bridgehead atoms. The molecule has 0 aliphatic carbocycles. The molecule has 1 atom stereocenters. The van der Waals surface area contributed by atoms with E-state index in [1.54, 1.807) is 17.7 Å². The summed E-state index contributed by atoms with van der Waals surface area (Å²) in [6, 6.07) is 11.5. The second-order valence-corrected chi connectivity index (χ2v) is 9.69. The lowest BCUT2D eigenvalue weighted by molar-refractivity contribution is 0.0346. The van der Waals surface area contributed by atoms with Crippen LogP contribution in [0.3, 0.4) is 0 Å². The number of ether oxygens (including phenoxy) is 1. The molecule has 6 rings (SSSR count). The Bertz CT molecular complexity index is 1550. The third-order valence-electron chi connectivity index (χ3n) is 6.22. The molecule has 178 valence electrons. The summed E-state index contributed by atoms with van der Waals surface area (Å²) in [6.45, 7) is 6.24. The topological polar surface area (TPSA) is 109 Å². The maximum absolute atomic E-state index is 12.9. The van der Waals surface area contributed by atoms with Gasteiger partial charge in [-0.2, -0.15) is 0 Å². The van der Waals surface area contributed by atoms with Crippen molar-refractivity contribution in [2.24, 2.45) is 0 Å². The first-order chi connectivity index (χ1) is 17.2. The zero-order chi connectivity index (χ0) is 23.8. The van der Waals surface area contributed by atoms with Crippen LogP contribution in [0.2, 0.25) is 0 Å². The van der Waals surface area contributed by atoms with Gasteiger partial charge in [0.05, 0.1) is 31.0 Å². The number of hydrogen-bond donors (Lipinski definition) is 2. The van der Waals surface area contributed by atoms with Crippen molar-refractivity contribution in [3.05, 3.63) is 70.1 Å². The van der Waals surface area contributed by atoms with Crippen LogP contribution in [0.5, 0.6) is 0 Å². The average Bonchev–Trinajstić information content (AvgIpc) is 3.55. The molecule has 10 heteroatoms.